The number of hydrogen-bond donors (Lipinski definition) is 2. The van der Waals surface area contributed by atoms with Gasteiger partial charge in [0, 0.05) is 11.4 Å². The predicted molar refractivity (Wildman–Crippen MR) is 75.4 cm³/mol. The lowest BCUT2D eigenvalue weighted by molar-refractivity contribution is -0.140. The van der Waals surface area contributed by atoms with Gasteiger partial charge in [-0.25, -0.2) is 4.79 Å². The Morgan fingerprint density at radius 2 is 1.95 bits per heavy atom. The van der Waals surface area contributed by atoms with Crippen LogP contribution in [0.3, 0.4) is 0 Å². The van der Waals surface area contributed by atoms with Crippen LogP contribution in [0.5, 0.6) is 0 Å². The minimum absolute atomic E-state index is 0.183. The third-order valence-corrected chi connectivity index (χ3v) is 4.44. The lowest BCUT2D eigenvalue weighted by Crippen LogP contribution is -2.49. The van der Waals surface area contributed by atoms with Crippen molar-refractivity contribution in [2.75, 3.05) is 19.6 Å². The Kier molecular flexibility index (Phi) is 4.46. The molecule has 1 aliphatic heterocycles. The van der Waals surface area contributed by atoms with E-state index < -0.39 is 31.1 Å². The average molecular weight is 312 g/mol. The summed E-state index contributed by atoms with van der Waals surface area (Å²) in [6.07, 6.45) is 0.705. The number of nitrogens with zero attached hydrogens (tertiary/aromatic N) is 2. The van der Waals surface area contributed by atoms with E-state index in [2.05, 4.69) is 0 Å². The van der Waals surface area contributed by atoms with Crippen molar-refractivity contribution in [1.29, 1.82) is 0 Å². The molecule has 114 valence electrons. The van der Waals surface area contributed by atoms with E-state index in [0.717, 1.165) is 10.5 Å². The Labute approximate surface area is 125 Å². The predicted octanol–water partition coefficient (Wildman–Crippen LogP) is 1.26. The highest BCUT2D eigenvalue weighted by Crippen LogP contribution is 2.33. The smallest absolute Gasteiger partial charge is 0.323 e. The largest absolute Gasteiger partial charge is 0.480 e. The molecule has 21 heavy (non-hydrogen) atoms. The summed E-state index contributed by atoms with van der Waals surface area (Å²) in [5.74, 6) is -2.46. The summed E-state index contributed by atoms with van der Waals surface area (Å²) >= 11 is 1.63. The number of aliphatic carboxylic acids is 2. The van der Waals surface area contributed by atoms with Crippen molar-refractivity contribution in [3.63, 3.8) is 0 Å². The molecule has 0 saturated heterocycles. The van der Waals surface area contributed by atoms with Crippen molar-refractivity contribution >= 4 is 29.3 Å². The molecule has 0 aromatic carbocycles. The highest BCUT2D eigenvalue weighted by molar-refractivity contribution is 7.10. The normalized spacial score (nSPS) is 17.2. The van der Waals surface area contributed by atoms with Crippen LogP contribution in [0.4, 0.5) is 4.79 Å². The summed E-state index contributed by atoms with van der Waals surface area (Å²) < 4.78 is 0. The highest BCUT2D eigenvalue weighted by Gasteiger charge is 2.32. The van der Waals surface area contributed by atoms with Crippen molar-refractivity contribution in [3.8, 4) is 0 Å². The summed E-state index contributed by atoms with van der Waals surface area (Å²) in [6, 6.07) is 1.21. The number of urea groups is 1. The Hall–Kier alpha value is -2.09. The van der Waals surface area contributed by atoms with Crippen LogP contribution in [0, 0.1) is 0 Å². The number of hydrogen-bond acceptors (Lipinski definition) is 4. The maximum atomic E-state index is 12.4. The molecule has 0 bridgehead atoms. The fourth-order valence-corrected chi connectivity index (χ4v) is 3.43. The van der Waals surface area contributed by atoms with Gasteiger partial charge in [-0.15, -0.1) is 11.3 Å². The molecule has 0 spiro atoms. The summed E-state index contributed by atoms with van der Waals surface area (Å²) in [6.45, 7) is 1.08. The van der Waals surface area contributed by atoms with Gasteiger partial charge >= 0.3 is 18.0 Å². The van der Waals surface area contributed by atoms with Gasteiger partial charge in [-0.05, 0) is 30.4 Å². The molecule has 1 atom stereocenters. The van der Waals surface area contributed by atoms with E-state index in [9.17, 15) is 14.4 Å². The van der Waals surface area contributed by atoms with Crippen molar-refractivity contribution in [2.45, 2.75) is 19.4 Å². The van der Waals surface area contributed by atoms with Crippen molar-refractivity contribution in [1.82, 2.24) is 9.80 Å². The van der Waals surface area contributed by atoms with Crippen LogP contribution in [0.2, 0.25) is 0 Å². The van der Waals surface area contributed by atoms with E-state index in [4.69, 9.17) is 10.2 Å². The average Bonchev–Trinajstić information content (AvgIpc) is 2.86. The SMILES string of the molecule is CC1c2ccsc2CCN1C(=O)N(CC(=O)O)CC(=O)O. The molecule has 2 amide bonds. The summed E-state index contributed by atoms with van der Waals surface area (Å²) in [4.78, 5) is 37.7. The Bertz CT molecular complexity index is 555. The maximum absolute atomic E-state index is 12.4. The topological polar surface area (TPSA) is 98.2 Å². The number of carbonyl (C=O) groups is 3. The van der Waals surface area contributed by atoms with Crippen molar-refractivity contribution in [3.05, 3.63) is 21.9 Å². The summed E-state index contributed by atoms with van der Waals surface area (Å²) in [7, 11) is 0. The van der Waals surface area contributed by atoms with Crippen molar-refractivity contribution < 1.29 is 24.6 Å². The van der Waals surface area contributed by atoms with Crippen LogP contribution in [-0.2, 0) is 16.0 Å². The second kappa shape index (κ2) is 6.13. The van der Waals surface area contributed by atoms with E-state index in [1.54, 1.807) is 11.3 Å². The van der Waals surface area contributed by atoms with Gasteiger partial charge in [0.25, 0.3) is 0 Å². The van der Waals surface area contributed by atoms with Gasteiger partial charge in [0.15, 0.2) is 0 Å². The molecule has 0 saturated carbocycles. The molecule has 0 radical (unpaired) electrons. The van der Waals surface area contributed by atoms with Gasteiger partial charge in [-0.2, -0.15) is 0 Å². The minimum atomic E-state index is -1.23. The third kappa shape index (κ3) is 3.33. The number of thiophene rings is 1. The van der Waals surface area contributed by atoms with Crippen LogP contribution in [0.25, 0.3) is 0 Å². The second-order valence-corrected chi connectivity index (χ2v) is 5.85. The molecular weight excluding hydrogens is 296 g/mol. The quantitative estimate of drug-likeness (QED) is 0.872. The molecule has 2 N–H and O–H groups in total. The molecule has 2 rings (SSSR count). The summed E-state index contributed by atoms with van der Waals surface area (Å²) in [5.41, 5.74) is 1.05. The number of amides is 2. The van der Waals surface area contributed by atoms with E-state index in [1.807, 2.05) is 18.4 Å². The third-order valence-electron chi connectivity index (χ3n) is 3.45. The molecule has 8 heteroatoms. The molecule has 7 nitrogen and oxygen atoms in total. The number of fused-ring (bicyclic) bond motifs is 1. The number of carboxylic acid groups (broad SMARTS) is 2. The monoisotopic (exact) mass is 312 g/mol. The first kappa shape index (κ1) is 15.3. The molecule has 1 unspecified atom stereocenters. The molecular formula is C13H16N2O5S. The van der Waals surface area contributed by atoms with E-state index >= 15 is 0 Å². The first-order valence-electron chi connectivity index (χ1n) is 6.45. The molecule has 0 fully saturated rings. The van der Waals surface area contributed by atoms with E-state index in [1.165, 1.54) is 9.78 Å². The van der Waals surface area contributed by atoms with Gasteiger partial charge in [0.05, 0.1) is 6.04 Å². The van der Waals surface area contributed by atoms with Gasteiger partial charge in [-0.1, -0.05) is 0 Å². The number of carbonyl (C=O) groups excluding carboxylic acids is 1. The van der Waals surface area contributed by atoms with Crippen LogP contribution in [0.15, 0.2) is 11.4 Å². The molecule has 1 aliphatic rings. The zero-order valence-electron chi connectivity index (χ0n) is 11.5. The van der Waals surface area contributed by atoms with Crippen LogP contribution in [-0.4, -0.2) is 57.6 Å². The molecule has 1 aromatic heterocycles. The number of rotatable bonds is 4. The van der Waals surface area contributed by atoms with Crippen LogP contribution < -0.4 is 0 Å². The standard InChI is InChI=1S/C13H16N2O5S/c1-8-9-3-5-21-10(9)2-4-15(8)13(20)14(6-11(16)17)7-12(18)19/h3,5,8H,2,4,6-7H2,1H3,(H,16,17)(H,18,19). The zero-order valence-corrected chi connectivity index (χ0v) is 12.3. The lowest BCUT2D eigenvalue weighted by Gasteiger charge is -2.36. The zero-order chi connectivity index (χ0) is 15.6. The highest BCUT2D eigenvalue weighted by atomic mass is 32.1. The van der Waals surface area contributed by atoms with E-state index in [0.29, 0.717) is 13.0 Å². The van der Waals surface area contributed by atoms with Crippen molar-refractivity contribution in [2.24, 2.45) is 0 Å². The molecule has 0 aliphatic carbocycles. The van der Waals surface area contributed by atoms with Gasteiger partial charge < -0.3 is 20.0 Å². The Balaban J connectivity index is 2.17. The fraction of sp³-hybridized carbons (Fsp3) is 0.462. The maximum Gasteiger partial charge on any atom is 0.323 e. The van der Waals surface area contributed by atoms with Gasteiger partial charge in [0.1, 0.15) is 13.1 Å². The van der Waals surface area contributed by atoms with Crippen LogP contribution in [0.1, 0.15) is 23.4 Å². The minimum Gasteiger partial charge on any atom is -0.480 e. The van der Waals surface area contributed by atoms with E-state index in [-0.39, 0.29) is 6.04 Å². The van der Waals surface area contributed by atoms with Gasteiger partial charge in [0.2, 0.25) is 0 Å². The van der Waals surface area contributed by atoms with Crippen LogP contribution >= 0.6 is 11.3 Å². The Morgan fingerprint density at radius 1 is 1.33 bits per heavy atom. The molecule has 1 aromatic rings. The first-order chi connectivity index (χ1) is 9.90. The Morgan fingerprint density at radius 3 is 2.52 bits per heavy atom. The second-order valence-electron chi connectivity index (χ2n) is 4.84. The lowest BCUT2D eigenvalue weighted by atomic mass is 10.0. The number of carboxylic acids is 2. The fourth-order valence-electron chi connectivity index (χ4n) is 2.47. The summed E-state index contributed by atoms with van der Waals surface area (Å²) in [5, 5.41) is 19.6. The molecule has 2 heterocycles. The first-order valence-corrected chi connectivity index (χ1v) is 7.33. The van der Waals surface area contributed by atoms with Gasteiger partial charge in [-0.3, -0.25) is 9.59 Å².